The van der Waals surface area contributed by atoms with E-state index in [4.69, 9.17) is 28.9 Å². The highest BCUT2D eigenvalue weighted by atomic mass is 35.5. The highest BCUT2D eigenvalue weighted by Gasteiger charge is 2.33. The number of nitrogens with two attached hydrogens (primary N) is 1. The average molecular weight is 234 g/mol. The molecular weight excluding hydrogens is 229 g/mol. The van der Waals surface area contributed by atoms with E-state index in [1.165, 1.54) is 6.20 Å². The third-order valence-corrected chi connectivity index (χ3v) is 1.93. The summed E-state index contributed by atoms with van der Waals surface area (Å²) in [6.07, 6.45) is 1.26. The molecule has 1 aliphatic heterocycles. The predicted molar refractivity (Wildman–Crippen MR) is 50.9 cm³/mol. The zero-order chi connectivity index (χ0) is 10.3. The fraction of sp³-hybridized carbons (Fsp3) is 0.167. The molecule has 74 valence electrons. The fourth-order valence-corrected chi connectivity index (χ4v) is 1.36. The Bertz CT molecular complexity index is 407. The second-order valence-corrected chi connectivity index (χ2v) is 3.66. The fourth-order valence-electron chi connectivity index (χ4n) is 1.05. The van der Waals surface area contributed by atoms with Crippen molar-refractivity contribution >= 4 is 34.9 Å². The van der Waals surface area contributed by atoms with Crippen molar-refractivity contribution in [3.63, 3.8) is 0 Å². The van der Waals surface area contributed by atoms with Gasteiger partial charge in [-0.2, -0.15) is 0 Å². The molecule has 0 spiro atoms. The van der Waals surface area contributed by atoms with Crippen LogP contribution in [0.5, 0.6) is 0 Å². The average Bonchev–Trinajstić information content (AvgIpc) is 2.00. The van der Waals surface area contributed by atoms with Gasteiger partial charge in [-0.3, -0.25) is 10.5 Å². The summed E-state index contributed by atoms with van der Waals surface area (Å²) in [5, 5.41) is 3.44. The largest absolute Gasteiger partial charge is 0.320 e. The summed E-state index contributed by atoms with van der Waals surface area (Å²) in [4.78, 5) is 19.0. The number of halogens is 2. The van der Waals surface area contributed by atoms with Gasteiger partial charge in [0.15, 0.2) is 11.5 Å². The third-order valence-electron chi connectivity index (χ3n) is 1.55. The first kappa shape index (κ1) is 9.45. The van der Waals surface area contributed by atoms with Gasteiger partial charge in [0, 0.05) is 0 Å². The van der Waals surface area contributed by atoms with Gasteiger partial charge >= 0.3 is 0 Å². The van der Waals surface area contributed by atoms with Crippen LogP contribution in [0.2, 0.25) is 5.15 Å². The number of carbonyl (C=O) groups excluding carboxylic acids is 1. The first-order valence-corrected chi connectivity index (χ1v) is 4.34. The Labute approximate surface area is 88.8 Å². The molecular formula is C6H5Cl2N5O. The zero-order valence-corrected chi connectivity index (χ0v) is 8.23. The van der Waals surface area contributed by atoms with Gasteiger partial charge in [-0.15, -0.1) is 0 Å². The van der Waals surface area contributed by atoms with Crippen molar-refractivity contribution in [3.05, 3.63) is 17.0 Å². The minimum Gasteiger partial charge on any atom is -0.320 e. The lowest BCUT2D eigenvalue weighted by Crippen LogP contribution is -2.60. The molecule has 0 aliphatic carbocycles. The lowest BCUT2D eigenvalue weighted by atomic mass is 10.3. The molecule has 0 aromatic carbocycles. The summed E-state index contributed by atoms with van der Waals surface area (Å²) in [5.74, 6) is -0.334. The summed E-state index contributed by atoms with van der Waals surface area (Å²) in [6, 6.07) is 0. The molecule has 1 aromatic heterocycles. The lowest BCUT2D eigenvalue weighted by Gasteiger charge is -2.29. The van der Waals surface area contributed by atoms with Gasteiger partial charge in [0.2, 0.25) is 5.25 Å². The van der Waals surface area contributed by atoms with Crippen LogP contribution in [0.25, 0.3) is 0 Å². The SMILES string of the molecule is NC1(Cl)NC(=O)c2ncc(Cl)nc2N1. The summed E-state index contributed by atoms with van der Waals surface area (Å²) in [7, 11) is 0. The van der Waals surface area contributed by atoms with Gasteiger partial charge in [-0.1, -0.05) is 23.2 Å². The number of anilines is 1. The van der Waals surface area contributed by atoms with E-state index in [9.17, 15) is 4.79 Å². The molecule has 1 aliphatic rings. The Morgan fingerprint density at radius 1 is 1.50 bits per heavy atom. The van der Waals surface area contributed by atoms with E-state index in [1.54, 1.807) is 0 Å². The molecule has 14 heavy (non-hydrogen) atoms. The van der Waals surface area contributed by atoms with E-state index in [0.29, 0.717) is 0 Å². The van der Waals surface area contributed by atoms with E-state index in [1.807, 2.05) is 0 Å². The van der Waals surface area contributed by atoms with E-state index < -0.39 is 11.2 Å². The lowest BCUT2D eigenvalue weighted by molar-refractivity contribution is 0.0922. The number of hydrogen-bond donors (Lipinski definition) is 3. The van der Waals surface area contributed by atoms with Gasteiger partial charge < -0.3 is 10.6 Å². The first-order chi connectivity index (χ1) is 6.48. The van der Waals surface area contributed by atoms with Gasteiger partial charge in [0.25, 0.3) is 5.91 Å². The minimum absolute atomic E-state index is 0.108. The van der Waals surface area contributed by atoms with E-state index in [0.717, 1.165) is 0 Å². The van der Waals surface area contributed by atoms with Crippen LogP contribution in [-0.2, 0) is 0 Å². The summed E-state index contributed by atoms with van der Waals surface area (Å²) in [5.41, 5.74) is 5.55. The van der Waals surface area contributed by atoms with Crippen LogP contribution >= 0.6 is 23.2 Å². The van der Waals surface area contributed by atoms with Crippen LogP contribution in [-0.4, -0.2) is 21.1 Å². The maximum atomic E-state index is 11.4. The molecule has 2 rings (SSSR count). The number of hydrogen-bond acceptors (Lipinski definition) is 5. The molecule has 2 heterocycles. The number of nitrogens with one attached hydrogen (secondary N) is 2. The predicted octanol–water partition coefficient (Wildman–Crippen LogP) is 0.0941. The molecule has 0 bridgehead atoms. The van der Waals surface area contributed by atoms with Crippen molar-refractivity contribution in [1.29, 1.82) is 0 Å². The molecule has 8 heteroatoms. The molecule has 0 radical (unpaired) electrons. The van der Waals surface area contributed by atoms with Gasteiger partial charge in [0.1, 0.15) is 5.15 Å². The van der Waals surface area contributed by atoms with Crippen LogP contribution in [0.1, 0.15) is 10.5 Å². The Hall–Kier alpha value is -1.11. The second kappa shape index (κ2) is 2.94. The molecule has 1 unspecified atom stereocenters. The Morgan fingerprint density at radius 2 is 2.21 bits per heavy atom. The van der Waals surface area contributed by atoms with Crippen LogP contribution in [0.15, 0.2) is 6.20 Å². The number of rotatable bonds is 0. The van der Waals surface area contributed by atoms with Crippen LogP contribution in [0.4, 0.5) is 5.82 Å². The van der Waals surface area contributed by atoms with Crippen molar-refractivity contribution < 1.29 is 4.79 Å². The Morgan fingerprint density at radius 3 is 2.93 bits per heavy atom. The van der Waals surface area contributed by atoms with Crippen molar-refractivity contribution in [2.24, 2.45) is 5.73 Å². The number of aromatic nitrogens is 2. The molecule has 0 saturated heterocycles. The van der Waals surface area contributed by atoms with Crippen LogP contribution in [0.3, 0.4) is 0 Å². The summed E-state index contributed by atoms with van der Waals surface area (Å²) in [6.45, 7) is 0. The quantitative estimate of drug-likeness (QED) is 0.437. The van der Waals surface area contributed by atoms with Gasteiger partial charge in [-0.25, -0.2) is 9.97 Å². The van der Waals surface area contributed by atoms with Crippen molar-refractivity contribution in [2.75, 3.05) is 5.32 Å². The summed E-state index contributed by atoms with van der Waals surface area (Å²) < 4.78 is 0. The molecule has 1 aromatic rings. The minimum atomic E-state index is -1.55. The highest BCUT2D eigenvalue weighted by Crippen LogP contribution is 2.21. The number of nitrogens with zero attached hydrogens (tertiary/aromatic N) is 2. The Balaban J connectivity index is 2.51. The number of alkyl halides is 1. The topological polar surface area (TPSA) is 92.9 Å². The van der Waals surface area contributed by atoms with Crippen molar-refractivity contribution in [3.8, 4) is 0 Å². The number of fused-ring (bicyclic) bond motifs is 1. The number of carbonyl (C=O) groups is 1. The van der Waals surface area contributed by atoms with Crippen LogP contribution in [0, 0.1) is 0 Å². The molecule has 1 amide bonds. The maximum Gasteiger partial charge on any atom is 0.277 e. The standard InChI is InChI=1S/C6H5Cl2N5O/c7-2-1-10-3-4(11-2)12-6(8,9)13-5(3)14/h1H,9H2,(H,11,12)(H,13,14). The third kappa shape index (κ3) is 1.59. The highest BCUT2D eigenvalue weighted by molar-refractivity contribution is 6.30. The Kier molecular flexibility index (Phi) is 1.99. The monoisotopic (exact) mass is 233 g/mol. The molecule has 1 atom stereocenters. The van der Waals surface area contributed by atoms with Gasteiger partial charge in [-0.05, 0) is 0 Å². The molecule has 0 fully saturated rings. The molecule has 6 nitrogen and oxygen atoms in total. The smallest absolute Gasteiger partial charge is 0.277 e. The van der Waals surface area contributed by atoms with E-state index in [-0.39, 0.29) is 16.7 Å². The second-order valence-electron chi connectivity index (χ2n) is 2.68. The molecule has 4 N–H and O–H groups in total. The van der Waals surface area contributed by atoms with E-state index in [2.05, 4.69) is 20.6 Å². The van der Waals surface area contributed by atoms with Crippen LogP contribution < -0.4 is 16.4 Å². The van der Waals surface area contributed by atoms with Crippen molar-refractivity contribution in [1.82, 2.24) is 15.3 Å². The van der Waals surface area contributed by atoms with Crippen molar-refractivity contribution in [2.45, 2.75) is 5.25 Å². The number of amides is 1. The molecule has 0 saturated carbocycles. The van der Waals surface area contributed by atoms with Gasteiger partial charge in [0.05, 0.1) is 6.20 Å². The first-order valence-electron chi connectivity index (χ1n) is 3.59. The zero-order valence-electron chi connectivity index (χ0n) is 6.71. The summed E-state index contributed by atoms with van der Waals surface area (Å²) >= 11 is 11.3. The maximum absolute atomic E-state index is 11.4. The van der Waals surface area contributed by atoms with E-state index >= 15 is 0 Å². The normalized spacial score (nSPS) is 24.9.